The van der Waals surface area contributed by atoms with Crippen LogP contribution in [0.4, 0.5) is 0 Å². The number of rotatable bonds is 5. The number of hydrogen-bond donors (Lipinski definition) is 2. The minimum absolute atomic E-state index is 0.277. The molecule has 0 aliphatic carbocycles. The van der Waals surface area contributed by atoms with Crippen molar-refractivity contribution in [3.8, 4) is 0 Å². The fourth-order valence-electron chi connectivity index (χ4n) is 2.27. The molecule has 0 aromatic carbocycles. The number of piperazine rings is 1. The molecule has 1 rings (SSSR count). The zero-order chi connectivity index (χ0) is 11.3. The highest BCUT2D eigenvalue weighted by Gasteiger charge is 2.26. The van der Waals surface area contributed by atoms with Crippen molar-refractivity contribution in [2.24, 2.45) is 0 Å². The summed E-state index contributed by atoms with van der Waals surface area (Å²) >= 11 is 0. The highest BCUT2D eigenvalue weighted by Crippen LogP contribution is 2.14. The van der Waals surface area contributed by atoms with E-state index < -0.39 is 5.97 Å². The number of aliphatic carboxylic acids is 1. The van der Waals surface area contributed by atoms with Gasteiger partial charge in [-0.15, -0.1) is 0 Å². The fourth-order valence-corrected chi connectivity index (χ4v) is 2.27. The first-order valence-electron chi connectivity index (χ1n) is 5.83. The summed E-state index contributed by atoms with van der Waals surface area (Å²) in [5, 5.41) is 12.0. The molecule has 0 aromatic rings. The largest absolute Gasteiger partial charge is 0.481 e. The summed E-state index contributed by atoms with van der Waals surface area (Å²) in [6.07, 6.45) is 2.17. The maximum atomic E-state index is 10.5. The molecule has 15 heavy (non-hydrogen) atoms. The van der Waals surface area contributed by atoms with Crippen LogP contribution in [0.15, 0.2) is 0 Å². The van der Waals surface area contributed by atoms with Gasteiger partial charge in [-0.05, 0) is 26.3 Å². The molecule has 0 aromatic heterocycles. The minimum atomic E-state index is -0.690. The second kappa shape index (κ2) is 6.08. The highest BCUT2D eigenvalue weighted by molar-refractivity contribution is 5.66. The lowest BCUT2D eigenvalue weighted by atomic mass is 10.0. The molecular weight excluding hydrogens is 192 g/mol. The van der Waals surface area contributed by atoms with Gasteiger partial charge >= 0.3 is 5.97 Å². The Labute approximate surface area is 91.6 Å². The lowest BCUT2D eigenvalue weighted by Crippen LogP contribution is -2.56. The van der Waals surface area contributed by atoms with Crippen molar-refractivity contribution in [1.29, 1.82) is 0 Å². The van der Waals surface area contributed by atoms with Gasteiger partial charge in [0.05, 0.1) is 0 Å². The minimum Gasteiger partial charge on any atom is -0.481 e. The Kier molecular flexibility index (Phi) is 5.05. The molecule has 1 aliphatic rings. The van der Waals surface area contributed by atoms with Crippen molar-refractivity contribution in [2.45, 2.75) is 45.2 Å². The lowest BCUT2D eigenvalue weighted by molar-refractivity contribution is -0.137. The zero-order valence-corrected chi connectivity index (χ0v) is 9.70. The van der Waals surface area contributed by atoms with Gasteiger partial charge in [0.25, 0.3) is 0 Å². The van der Waals surface area contributed by atoms with Crippen molar-refractivity contribution >= 4 is 5.97 Å². The van der Waals surface area contributed by atoms with Crippen LogP contribution in [0.2, 0.25) is 0 Å². The van der Waals surface area contributed by atoms with E-state index >= 15 is 0 Å². The smallest absolute Gasteiger partial charge is 0.303 e. The van der Waals surface area contributed by atoms with Crippen LogP contribution in [0, 0.1) is 0 Å². The van der Waals surface area contributed by atoms with E-state index in [2.05, 4.69) is 24.1 Å². The van der Waals surface area contributed by atoms with Crippen LogP contribution in [0.1, 0.15) is 33.1 Å². The van der Waals surface area contributed by atoms with E-state index in [9.17, 15) is 4.79 Å². The fraction of sp³-hybridized carbons (Fsp3) is 0.909. The molecule has 0 amide bonds. The van der Waals surface area contributed by atoms with Gasteiger partial charge in [-0.3, -0.25) is 9.69 Å². The number of hydrogen-bond acceptors (Lipinski definition) is 3. The molecule has 0 bridgehead atoms. The molecule has 0 spiro atoms. The molecule has 0 saturated carbocycles. The SMILES string of the molecule is CCCN1C(C)CNCC1CCC(=O)O. The van der Waals surface area contributed by atoms with E-state index in [0.717, 1.165) is 32.5 Å². The number of carboxylic acids is 1. The van der Waals surface area contributed by atoms with Gasteiger partial charge < -0.3 is 10.4 Å². The monoisotopic (exact) mass is 214 g/mol. The molecule has 1 aliphatic heterocycles. The molecule has 0 radical (unpaired) electrons. The lowest BCUT2D eigenvalue weighted by Gasteiger charge is -2.41. The normalized spacial score (nSPS) is 27.9. The molecule has 4 heteroatoms. The van der Waals surface area contributed by atoms with Gasteiger partial charge in [-0.25, -0.2) is 0 Å². The van der Waals surface area contributed by atoms with E-state index in [4.69, 9.17) is 5.11 Å². The Balaban J connectivity index is 2.46. The summed E-state index contributed by atoms with van der Waals surface area (Å²) in [5.74, 6) is -0.690. The van der Waals surface area contributed by atoms with Crippen LogP contribution < -0.4 is 5.32 Å². The van der Waals surface area contributed by atoms with Crippen molar-refractivity contribution in [3.05, 3.63) is 0 Å². The first-order chi connectivity index (χ1) is 7.15. The standard InChI is InChI=1S/C11H22N2O2/c1-3-6-13-9(2)7-12-8-10(13)4-5-11(14)15/h9-10,12H,3-8H2,1-2H3,(H,14,15). The van der Waals surface area contributed by atoms with E-state index in [-0.39, 0.29) is 6.42 Å². The summed E-state index contributed by atoms with van der Waals surface area (Å²) in [7, 11) is 0. The molecule has 88 valence electrons. The molecular formula is C11H22N2O2. The van der Waals surface area contributed by atoms with Crippen LogP contribution in [0.3, 0.4) is 0 Å². The topological polar surface area (TPSA) is 52.6 Å². The van der Waals surface area contributed by atoms with Gasteiger partial charge in [0.2, 0.25) is 0 Å². The highest BCUT2D eigenvalue weighted by atomic mass is 16.4. The second-order valence-corrected chi connectivity index (χ2v) is 4.33. The molecule has 2 unspecified atom stereocenters. The van der Waals surface area contributed by atoms with Crippen LogP contribution in [-0.4, -0.2) is 47.7 Å². The Morgan fingerprint density at radius 3 is 2.87 bits per heavy atom. The van der Waals surface area contributed by atoms with E-state index in [1.807, 2.05) is 0 Å². The maximum absolute atomic E-state index is 10.5. The molecule has 2 atom stereocenters. The predicted octanol–water partition coefficient (Wildman–Crippen LogP) is 0.923. The second-order valence-electron chi connectivity index (χ2n) is 4.33. The Morgan fingerprint density at radius 2 is 2.27 bits per heavy atom. The Bertz CT molecular complexity index is 209. The van der Waals surface area contributed by atoms with Gasteiger partial charge in [0, 0.05) is 31.6 Å². The van der Waals surface area contributed by atoms with Crippen molar-refractivity contribution in [3.63, 3.8) is 0 Å². The third-order valence-electron chi connectivity index (χ3n) is 3.03. The molecule has 4 nitrogen and oxygen atoms in total. The van der Waals surface area contributed by atoms with Crippen molar-refractivity contribution < 1.29 is 9.90 Å². The average Bonchev–Trinajstić information content (AvgIpc) is 2.19. The first kappa shape index (κ1) is 12.5. The number of carboxylic acid groups (broad SMARTS) is 1. The van der Waals surface area contributed by atoms with E-state index in [1.54, 1.807) is 0 Å². The van der Waals surface area contributed by atoms with Crippen molar-refractivity contribution in [1.82, 2.24) is 10.2 Å². The Morgan fingerprint density at radius 1 is 1.53 bits per heavy atom. The first-order valence-corrected chi connectivity index (χ1v) is 5.83. The van der Waals surface area contributed by atoms with Gasteiger partial charge in [-0.2, -0.15) is 0 Å². The summed E-state index contributed by atoms with van der Waals surface area (Å²) in [6, 6.07) is 0.919. The van der Waals surface area contributed by atoms with Gasteiger partial charge in [0.15, 0.2) is 0 Å². The molecule has 1 heterocycles. The van der Waals surface area contributed by atoms with E-state index in [1.165, 1.54) is 0 Å². The maximum Gasteiger partial charge on any atom is 0.303 e. The average molecular weight is 214 g/mol. The third kappa shape index (κ3) is 3.80. The van der Waals surface area contributed by atoms with Crippen LogP contribution in [0.25, 0.3) is 0 Å². The van der Waals surface area contributed by atoms with Gasteiger partial charge in [-0.1, -0.05) is 6.92 Å². The molecule has 2 N–H and O–H groups in total. The quantitative estimate of drug-likeness (QED) is 0.714. The van der Waals surface area contributed by atoms with Crippen molar-refractivity contribution in [2.75, 3.05) is 19.6 Å². The number of nitrogens with zero attached hydrogens (tertiary/aromatic N) is 1. The van der Waals surface area contributed by atoms with E-state index in [0.29, 0.717) is 12.1 Å². The number of nitrogens with one attached hydrogen (secondary N) is 1. The zero-order valence-electron chi connectivity index (χ0n) is 9.70. The summed E-state index contributed by atoms with van der Waals surface area (Å²) in [4.78, 5) is 13.0. The van der Waals surface area contributed by atoms with Crippen LogP contribution in [0.5, 0.6) is 0 Å². The number of carbonyl (C=O) groups is 1. The summed E-state index contributed by atoms with van der Waals surface area (Å²) < 4.78 is 0. The summed E-state index contributed by atoms with van der Waals surface area (Å²) in [5.41, 5.74) is 0. The van der Waals surface area contributed by atoms with Gasteiger partial charge in [0.1, 0.15) is 0 Å². The molecule has 1 saturated heterocycles. The van der Waals surface area contributed by atoms with Crippen LogP contribution >= 0.6 is 0 Å². The summed E-state index contributed by atoms with van der Waals surface area (Å²) in [6.45, 7) is 7.40. The van der Waals surface area contributed by atoms with Crippen LogP contribution in [-0.2, 0) is 4.79 Å². The molecule has 1 fully saturated rings. The predicted molar refractivity (Wildman–Crippen MR) is 60.0 cm³/mol. The third-order valence-corrected chi connectivity index (χ3v) is 3.03. The Hall–Kier alpha value is -0.610.